The van der Waals surface area contributed by atoms with Gasteiger partial charge in [-0.3, -0.25) is 14.6 Å². The fourth-order valence-corrected chi connectivity index (χ4v) is 2.34. The number of aromatic nitrogens is 1. The molecule has 0 spiro atoms. The summed E-state index contributed by atoms with van der Waals surface area (Å²) >= 11 is 0. The molecule has 0 bridgehead atoms. The maximum Gasteiger partial charge on any atom is 0.309 e. The molecule has 1 aliphatic rings. The zero-order chi connectivity index (χ0) is 13.8. The predicted molar refractivity (Wildman–Crippen MR) is 71.4 cm³/mol. The van der Waals surface area contributed by atoms with Crippen molar-refractivity contribution in [2.45, 2.75) is 32.6 Å². The number of ether oxygens (including phenoxy) is 1. The fraction of sp³-hybridized carbons (Fsp3) is 0.400. The third kappa shape index (κ3) is 3.08. The van der Waals surface area contributed by atoms with Gasteiger partial charge in [0.15, 0.2) is 5.78 Å². The van der Waals surface area contributed by atoms with Crippen molar-refractivity contribution in [3.63, 3.8) is 0 Å². The fourth-order valence-electron chi connectivity index (χ4n) is 2.34. The van der Waals surface area contributed by atoms with Crippen LogP contribution in [0.2, 0.25) is 0 Å². The van der Waals surface area contributed by atoms with E-state index in [0.717, 1.165) is 24.1 Å². The van der Waals surface area contributed by atoms with Crippen molar-refractivity contribution in [2.24, 2.45) is 0 Å². The lowest BCUT2D eigenvalue weighted by molar-refractivity contribution is -0.139. The van der Waals surface area contributed by atoms with Crippen molar-refractivity contribution in [1.29, 1.82) is 0 Å². The van der Waals surface area contributed by atoms with Gasteiger partial charge in [0.25, 0.3) is 0 Å². The number of methoxy groups -OCH3 is 1. The molecule has 1 heterocycles. The van der Waals surface area contributed by atoms with Crippen LogP contribution in [0, 0.1) is 6.92 Å². The number of nitrogens with zero attached hydrogens (tertiary/aromatic N) is 1. The summed E-state index contributed by atoms with van der Waals surface area (Å²) in [5.74, 6) is -0.238. The minimum atomic E-state index is -0.310. The average molecular weight is 259 g/mol. The quantitative estimate of drug-likeness (QED) is 0.782. The van der Waals surface area contributed by atoms with Gasteiger partial charge in [0, 0.05) is 17.7 Å². The van der Waals surface area contributed by atoms with Crippen LogP contribution in [-0.2, 0) is 14.3 Å². The number of hydrogen-bond donors (Lipinski definition) is 0. The number of pyridine rings is 1. The zero-order valence-corrected chi connectivity index (χ0v) is 11.2. The van der Waals surface area contributed by atoms with Gasteiger partial charge in [0.2, 0.25) is 0 Å². The van der Waals surface area contributed by atoms with Crippen LogP contribution in [0.3, 0.4) is 0 Å². The summed E-state index contributed by atoms with van der Waals surface area (Å²) in [5, 5.41) is 0. The second-order valence-electron chi connectivity index (χ2n) is 4.67. The van der Waals surface area contributed by atoms with Gasteiger partial charge >= 0.3 is 5.97 Å². The first kappa shape index (κ1) is 13.5. The maximum atomic E-state index is 12.1. The van der Waals surface area contributed by atoms with Gasteiger partial charge in [-0.2, -0.15) is 0 Å². The molecule has 0 atom stereocenters. The normalized spacial score (nSPS) is 15.6. The summed E-state index contributed by atoms with van der Waals surface area (Å²) in [4.78, 5) is 28.0. The molecule has 100 valence electrons. The highest BCUT2D eigenvalue weighted by atomic mass is 16.5. The Morgan fingerprint density at radius 1 is 1.37 bits per heavy atom. The van der Waals surface area contributed by atoms with Crippen LogP contribution in [0.4, 0.5) is 0 Å². The first-order valence-corrected chi connectivity index (χ1v) is 6.38. The zero-order valence-electron chi connectivity index (χ0n) is 11.2. The van der Waals surface area contributed by atoms with Gasteiger partial charge in [-0.25, -0.2) is 0 Å². The Morgan fingerprint density at radius 2 is 2.16 bits per heavy atom. The molecular weight excluding hydrogens is 242 g/mol. The number of Topliss-reactive ketones (excluding diaryl/α,β-unsaturated/α-hetero) is 1. The molecule has 0 aromatic carbocycles. The topological polar surface area (TPSA) is 56.3 Å². The van der Waals surface area contributed by atoms with E-state index in [1.807, 2.05) is 25.1 Å². The van der Waals surface area contributed by atoms with Crippen molar-refractivity contribution in [1.82, 2.24) is 4.98 Å². The molecule has 1 aromatic rings. The van der Waals surface area contributed by atoms with Crippen LogP contribution in [0.1, 0.15) is 37.1 Å². The molecule has 0 fully saturated rings. The Bertz CT molecular complexity index is 546. The third-order valence-corrected chi connectivity index (χ3v) is 3.24. The van der Waals surface area contributed by atoms with Crippen molar-refractivity contribution in [3.05, 3.63) is 35.2 Å². The number of hydrogen-bond acceptors (Lipinski definition) is 4. The molecule has 1 aromatic heterocycles. The van der Waals surface area contributed by atoms with E-state index >= 15 is 0 Å². The molecular formula is C15H17NO3. The van der Waals surface area contributed by atoms with E-state index in [1.165, 1.54) is 7.11 Å². The Labute approximate surface area is 112 Å². The van der Waals surface area contributed by atoms with E-state index in [-0.39, 0.29) is 18.2 Å². The van der Waals surface area contributed by atoms with E-state index in [2.05, 4.69) is 4.98 Å². The van der Waals surface area contributed by atoms with Crippen LogP contribution in [0.25, 0.3) is 5.57 Å². The molecule has 0 saturated carbocycles. The molecule has 0 amide bonds. The maximum absolute atomic E-state index is 12.1. The standard InChI is InChI=1S/C15H17NO3/c1-10-5-3-7-12(16-10)15-11(9-14(18)19-2)6-4-8-13(15)17/h3,5,7H,4,6,8-9H2,1-2H3. The lowest BCUT2D eigenvalue weighted by atomic mass is 9.87. The summed E-state index contributed by atoms with van der Waals surface area (Å²) < 4.78 is 4.69. The summed E-state index contributed by atoms with van der Waals surface area (Å²) in [6.07, 6.45) is 2.25. The van der Waals surface area contributed by atoms with Crippen LogP contribution < -0.4 is 0 Å². The highest BCUT2D eigenvalue weighted by Gasteiger charge is 2.24. The van der Waals surface area contributed by atoms with E-state index in [0.29, 0.717) is 17.7 Å². The van der Waals surface area contributed by atoms with Crippen LogP contribution in [0.5, 0.6) is 0 Å². The molecule has 0 aliphatic heterocycles. The van der Waals surface area contributed by atoms with E-state index in [4.69, 9.17) is 4.74 Å². The van der Waals surface area contributed by atoms with Crippen LogP contribution in [0.15, 0.2) is 23.8 Å². The SMILES string of the molecule is COC(=O)CC1=C(c2cccc(C)n2)C(=O)CCC1. The monoisotopic (exact) mass is 259 g/mol. The number of allylic oxidation sites excluding steroid dienone is 1. The Kier molecular flexibility index (Phi) is 4.10. The Hall–Kier alpha value is -1.97. The molecule has 0 N–H and O–H groups in total. The summed E-state index contributed by atoms with van der Waals surface area (Å²) in [6.45, 7) is 1.89. The smallest absolute Gasteiger partial charge is 0.309 e. The summed E-state index contributed by atoms with van der Waals surface area (Å²) in [5.41, 5.74) is 2.99. The molecule has 4 nitrogen and oxygen atoms in total. The molecule has 4 heteroatoms. The molecule has 19 heavy (non-hydrogen) atoms. The number of carbonyl (C=O) groups excluding carboxylic acids is 2. The van der Waals surface area contributed by atoms with Gasteiger partial charge < -0.3 is 4.74 Å². The first-order valence-electron chi connectivity index (χ1n) is 6.38. The largest absolute Gasteiger partial charge is 0.469 e. The van der Waals surface area contributed by atoms with Gasteiger partial charge in [0.1, 0.15) is 0 Å². The molecule has 0 radical (unpaired) electrons. The molecule has 0 saturated heterocycles. The minimum Gasteiger partial charge on any atom is -0.469 e. The summed E-state index contributed by atoms with van der Waals surface area (Å²) in [6, 6.07) is 5.59. The second-order valence-corrected chi connectivity index (χ2v) is 4.67. The second kappa shape index (κ2) is 5.78. The number of ketones is 1. The lowest BCUT2D eigenvalue weighted by Crippen LogP contribution is -2.15. The number of aryl methyl sites for hydroxylation is 1. The van der Waals surface area contributed by atoms with Crippen molar-refractivity contribution in [2.75, 3.05) is 7.11 Å². The molecule has 0 unspecified atom stereocenters. The Morgan fingerprint density at radius 3 is 2.84 bits per heavy atom. The van der Waals surface area contributed by atoms with Crippen LogP contribution >= 0.6 is 0 Å². The summed E-state index contributed by atoms with van der Waals surface area (Å²) in [7, 11) is 1.36. The highest BCUT2D eigenvalue weighted by Crippen LogP contribution is 2.31. The average Bonchev–Trinajstić information content (AvgIpc) is 2.38. The lowest BCUT2D eigenvalue weighted by Gasteiger charge is -2.18. The van der Waals surface area contributed by atoms with Crippen LogP contribution in [-0.4, -0.2) is 23.8 Å². The van der Waals surface area contributed by atoms with Crippen molar-refractivity contribution >= 4 is 17.3 Å². The number of esters is 1. The van der Waals surface area contributed by atoms with E-state index < -0.39 is 0 Å². The number of rotatable bonds is 3. The van der Waals surface area contributed by atoms with Gasteiger partial charge in [-0.1, -0.05) is 6.07 Å². The van der Waals surface area contributed by atoms with Gasteiger partial charge in [-0.05, 0) is 37.5 Å². The van der Waals surface area contributed by atoms with E-state index in [9.17, 15) is 9.59 Å². The van der Waals surface area contributed by atoms with Crippen molar-refractivity contribution < 1.29 is 14.3 Å². The van der Waals surface area contributed by atoms with Crippen molar-refractivity contribution in [3.8, 4) is 0 Å². The van der Waals surface area contributed by atoms with Gasteiger partial charge in [-0.15, -0.1) is 0 Å². The highest BCUT2D eigenvalue weighted by molar-refractivity contribution is 6.22. The third-order valence-electron chi connectivity index (χ3n) is 3.24. The van der Waals surface area contributed by atoms with Gasteiger partial charge in [0.05, 0.1) is 19.2 Å². The first-order chi connectivity index (χ1) is 9.11. The molecule has 2 rings (SSSR count). The minimum absolute atomic E-state index is 0.0725. The Balaban J connectivity index is 2.44. The van der Waals surface area contributed by atoms with E-state index in [1.54, 1.807) is 0 Å². The molecule has 1 aliphatic carbocycles. The predicted octanol–water partition coefficient (Wildman–Crippen LogP) is 2.46. The number of carbonyl (C=O) groups is 2.